The summed E-state index contributed by atoms with van der Waals surface area (Å²) in [5.41, 5.74) is 0.878. The fourth-order valence-corrected chi connectivity index (χ4v) is 1.10. The number of nitrogens with one attached hydrogen (secondary N) is 1. The number of rotatable bonds is 3. The Morgan fingerprint density at radius 1 is 1.08 bits per heavy atom. The Hall–Kier alpha value is -1.17. The topological polar surface area (TPSA) is 95.1 Å². The molecule has 13 heavy (non-hydrogen) atoms. The maximum atomic E-state index is 9.44. The van der Waals surface area contributed by atoms with Crippen LogP contribution < -0.4 is 4.98 Å². The van der Waals surface area contributed by atoms with Crippen molar-refractivity contribution in [3.05, 3.63) is 23.0 Å². The van der Waals surface area contributed by atoms with Gasteiger partial charge in [-0.05, 0) is 0 Å². The van der Waals surface area contributed by atoms with Gasteiger partial charge in [-0.25, -0.2) is 4.98 Å². The molecule has 5 heteroatoms. The predicted molar refractivity (Wildman–Crippen MR) is 42.4 cm³/mol. The van der Waals surface area contributed by atoms with E-state index in [1.165, 1.54) is 6.20 Å². The van der Waals surface area contributed by atoms with Crippen LogP contribution in [0.3, 0.4) is 0 Å². The lowest BCUT2D eigenvalue weighted by Crippen LogP contribution is -2.15. The normalized spacial score (nSPS) is 10.4. The highest BCUT2D eigenvalue weighted by Gasteiger charge is 2.16. The van der Waals surface area contributed by atoms with Crippen molar-refractivity contribution in [2.75, 3.05) is 0 Å². The van der Waals surface area contributed by atoms with E-state index in [0.717, 1.165) is 0 Å². The number of aromatic hydroxyl groups is 1. The van der Waals surface area contributed by atoms with Gasteiger partial charge in [-0.1, -0.05) is 0 Å². The van der Waals surface area contributed by atoms with Crippen molar-refractivity contribution in [3.63, 3.8) is 0 Å². The molecule has 0 atom stereocenters. The number of pyridine rings is 1. The third-order valence-electron chi connectivity index (χ3n) is 1.87. The zero-order chi connectivity index (χ0) is 9.84. The summed E-state index contributed by atoms with van der Waals surface area (Å²) in [4.78, 5) is 2.61. The van der Waals surface area contributed by atoms with Crippen LogP contribution in [0.1, 0.15) is 16.8 Å². The Morgan fingerprint density at radius 2 is 1.77 bits per heavy atom. The minimum absolute atomic E-state index is 0.198. The lowest BCUT2D eigenvalue weighted by atomic mass is 10.1. The maximum Gasteiger partial charge on any atom is 0.247 e. The van der Waals surface area contributed by atoms with Crippen molar-refractivity contribution in [3.8, 4) is 5.75 Å². The lowest BCUT2D eigenvalue weighted by molar-refractivity contribution is -0.397. The monoisotopic (exact) mass is 186 g/mol. The van der Waals surface area contributed by atoms with E-state index in [-0.39, 0.29) is 36.8 Å². The molecule has 1 aromatic rings. The van der Waals surface area contributed by atoms with Crippen LogP contribution in [0.4, 0.5) is 0 Å². The van der Waals surface area contributed by atoms with Crippen LogP contribution in [-0.4, -0.2) is 20.4 Å². The molecular weight excluding hydrogens is 174 g/mol. The van der Waals surface area contributed by atoms with Crippen LogP contribution in [0, 0.1) is 0 Å². The summed E-state index contributed by atoms with van der Waals surface area (Å²) >= 11 is 0. The van der Waals surface area contributed by atoms with E-state index >= 15 is 0 Å². The minimum atomic E-state index is -0.372. The van der Waals surface area contributed by atoms with Gasteiger partial charge < -0.3 is 20.4 Å². The predicted octanol–water partition coefficient (Wildman–Crippen LogP) is -1.32. The van der Waals surface area contributed by atoms with Crippen molar-refractivity contribution in [1.29, 1.82) is 0 Å². The second-order valence-electron chi connectivity index (χ2n) is 2.59. The van der Waals surface area contributed by atoms with E-state index in [9.17, 15) is 5.11 Å². The first-order valence-electron chi connectivity index (χ1n) is 3.81. The maximum absolute atomic E-state index is 9.44. The molecule has 5 N–H and O–H groups in total. The van der Waals surface area contributed by atoms with Gasteiger partial charge in [0.2, 0.25) is 5.69 Å². The Labute approximate surface area is 74.9 Å². The number of hydrogen-bond acceptors (Lipinski definition) is 4. The highest BCUT2D eigenvalue weighted by molar-refractivity contribution is 5.37. The van der Waals surface area contributed by atoms with Gasteiger partial charge in [-0.15, -0.1) is 0 Å². The molecule has 0 radical (unpaired) electrons. The van der Waals surface area contributed by atoms with Gasteiger partial charge in [0.05, 0.1) is 18.8 Å². The van der Waals surface area contributed by atoms with E-state index in [1.54, 1.807) is 0 Å². The van der Waals surface area contributed by atoms with Crippen LogP contribution in [0.5, 0.6) is 5.75 Å². The lowest BCUT2D eigenvalue weighted by Gasteiger charge is -2.04. The van der Waals surface area contributed by atoms with Gasteiger partial charge in [-0.3, -0.25) is 0 Å². The summed E-state index contributed by atoms with van der Waals surface area (Å²) in [6.07, 6.45) is 1.44. The molecule has 0 bridgehead atoms. The molecule has 0 saturated carbocycles. The molecular formula is C8H12NO4+. The van der Waals surface area contributed by atoms with Gasteiger partial charge >= 0.3 is 0 Å². The zero-order valence-electron chi connectivity index (χ0n) is 6.99. The quantitative estimate of drug-likeness (QED) is 0.471. The molecule has 1 aromatic heterocycles. The van der Waals surface area contributed by atoms with Crippen molar-refractivity contribution >= 4 is 0 Å². The highest BCUT2D eigenvalue weighted by atomic mass is 16.3. The third kappa shape index (κ3) is 1.77. The Morgan fingerprint density at radius 3 is 2.23 bits per heavy atom. The van der Waals surface area contributed by atoms with Crippen LogP contribution in [0.15, 0.2) is 6.20 Å². The number of aliphatic hydroxyl groups excluding tert-OH is 3. The number of aromatic amines is 1. The summed E-state index contributed by atoms with van der Waals surface area (Å²) < 4.78 is 0. The van der Waals surface area contributed by atoms with Gasteiger partial charge in [-0.2, -0.15) is 0 Å². The summed E-state index contributed by atoms with van der Waals surface area (Å²) in [5.74, 6) is -0.198. The number of H-pyrrole nitrogens is 1. The van der Waals surface area contributed by atoms with Crippen LogP contribution in [0.25, 0.3) is 0 Å². The van der Waals surface area contributed by atoms with Crippen molar-refractivity contribution < 1.29 is 25.4 Å². The van der Waals surface area contributed by atoms with Gasteiger partial charge in [0.1, 0.15) is 6.61 Å². The third-order valence-corrected chi connectivity index (χ3v) is 1.87. The summed E-state index contributed by atoms with van der Waals surface area (Å²) in [6, 6.07) is 0. The Balaban J connectivity index is 3.23. The average molecular weight is 186 g/mol. The minimum Gasteiger partial charge on any atom is -0.502 e. The molecule has 0 spiro atoms. The smallest absolute Gasteiger partial charge is 0.247 e. The first-order valence-corrected chi connectivity index (χ1v) is 3.81. The standard InChI is InChI=1S/C8H11NO4/c10-2-5-1-9-7(4-12)8(13)6(5)3-11/h1,10-13H,2-4H2/p+1. The van der Waals surface area contributed by atoms with E-state index < -0.39 is 0 Å². The first kappa shape index (κ1) is 9.91. The molecule has 0 aliphatic heterocycles. The fraction of sp³-hybridized carbons (Fsp3) is 0.375. The first-order chi connectivity index (χ1) is 6.24. The largest absolute Gasteiger partial charge is 0.502 e. The Bertz CT molecular complexity index is 300. The highest BCUT2D eigenvalue weighted by Crippen LogP contribution is 2.22. The summed E-state index contributed by atoms with van der Waals surface area (Å²) in [7, 11) is 0. The van der Waals surface area contributed by atoms with E-state index in [4.69, 9.17) is 15.3 Å². The molecule has 0 amide bonds. The molecule has 72 valence electrons. The molecule has 0 aliphatic carbocycles. The van der Waals surface area contributed by atoms with Crippen LogP contribution >= 0.6 is 0 Å². The summed E-state index contributed by atoms with van der Waals surface area (Å²) in [6.45, 7) is -0.986. The number of aliphatic hydroxyl groups is 3. The average Bonchev–Trinajstić information content (AvgIpc) is 2.17. The molecule has 0 saturated heterocycles. The molecule has 0 unspecified atom stereocenters. The van der Waals surface area contributed by atoms with Crippen molar-refractivity contribution in [2.45, 2.75) is 19.8 Å². The molecule has 1 rings (SSSR count). The summed E-state index contributed by atoms with van der Waals surface area (Å²) in [5, 5.41) is 35.9. The molecule has 0 fully saturated rings. The van der Waals surface area contributed by atoms with Crippen LogP contribution in [0.2, 0.25) is 0 Å². The SMILES string of the molecule is OCc1c[nH+]c(CO)c(O)c1CO. The van der Waals surface area contributed by atoms with Crippen LogP contribution in [-0.2, 0) is 19.8 Å². The zero-order valence-corrected chi connectivity index (χ0v) is 6.99. The number of aromatic nitrogens is 1. The molecule has 1 heterocycles. The van der Waals surface area contributed by atoms with Gasteiger partial charge in [0.15, 0.2) is 11.9 Å². The molecule has 5 nitrogen and oxygen atoms in total. The Kier molecular flexibility index (Phi) is 3.18. The van der Waals surface area contributed by atoms with E-state index in [2.05, 4.69) is 4.98 Å². The van der Waals surface area contributed by atoms with Gasteiger partial charge in [0.25, 0.3) is 0 Å². The molecule has 0 aromatic carbocycles. The van der Waals surface area contributed by atoms with Crippen molar-refractivity contribution in [1.82, 2.24) is 0 Å². The van der Waals surface area contributed by atoms with E-state index in [0.29, 0.717) is 5.56 Å². The van der Waals surface area contributed by atoms with Gasteiger partial charge in [0, 0.05) is 5.56 Å². The van der Waals surface area contributed by atoms with E-state index in [1.807, 2.05) is 0 Å². The van der Waals surface area contributed by atoms with Crippen molar-refractivity contribution in [2.24, 2.45) is 0 Å². The fourth-order valence-electron chi connectivity index (χ4n) is 1.10. The second kappa shape index (κ2) is 4.18. The number of hydrogen-bond donors (Lipinski definition) is 4. The molecule has 0 aliphatic rings. The second-order valence-corrected chi connectivity index (χ2v) is 2.59.